The van der Waals surface area contributed by atoms with Crippen LogP contribution in [0.1, 0.15) is 24.0 Å². The van der Waals surface area contributed by atoms with Crippen LogP contribution >= 0.6 is 0 Å². The summed E-state index contributed by atoms with van der Waals surface area (Å²) in [6.45, 7) is 3.74. The molecule has 0 atom stereocenters. The lowest BCUT2D eigenvalue weighted by molar-refractivity contribution is 0.733. The van der Waals surface area contributed by atoms with E-state index in [0.717, 1.165) is 19.0 Å². The van der Waals surface area contributed by atoms with Gasteiger partial charge in [-0.15, -0.1) is 0 Å². The van der Waals surface area contributed by atoms with Crippen LogP contribution in [-0.2, 0) is 0 Å². The van der Waals surface area contributed by atoms with E-state index in [4.69, 9.17) is 0 Å². The highest BCUT2D eigenvalue weighted by Gasteiger charge is 2.14. The van der Waals surface area contributed by atoms with E-state index in [1.165, 1.54) is 11.1 Å². The van der Waals surface area contributed by atoms with Gasteiger partial charge in [-0.25, -0.2) is 0 Å². The van der Waals surface area contributed by atoms with Crippen LogP contribution in [0.25, 0.3) is 0 Å². The van der Waals surface area contributed by atoms with E-state index in [-0.39, 0.29) is 0 Å². The van der Waals surface area contributed by atoms with Crippen LogP contribution < -0.4 is 10.6 Å². The van der Waals surface area contributed by atoms with Crippen LogP contribution in [0, 0.1) is 0 Å². The van der Waals surface area contributed by atoms with Gasteiger partial charge in [0.05, 0.1) is 0 Å². The molecule has 21 heavy (non-hydrogen) atoms. The molecule has 0 radical (unpaired) electrons. The molecule has 3 heteroatoms. The molecule has 0 aliphatic heterocycles. The van der Waals surface area contributed by atoms with Crippen LogP contribution in [0.2, 0.25) is 0 Å². The van der Waals surface area contributed by atoms with Crippen LogP contribution in [0.15, 0.2) is 65.7 Å². The third kappa shape index (κ3) is 4.35. The molecule has 3 nitrogen and oxygen atoms in total. The van der Waals surface area contributed by atoms with Crippen molar-refractivity contribution in [3.05, 3.63) is 71.8 Å². The van der Waals surface area contributed by atoms with Gasteiger partial charge in [0.25, 0.3) is 0 Å². The SMILES string of the molecule is CCNC(=NC)NCC(c1ccccc1)c1ccccc1. The molecule has 0 unspecified atom stereocenters. The molecular weight excluding hydrogens is 258 g/mol. The van der Waals surface area contributed by atoms with E-state index < -0.39 is 0 Å². The summed E-state index contributed by atoms with van der Waals surface area (Å²) in [5.41, 5.74) is 2.62. The predicted octanol–water partition coefficient (Wildman–Crippen LogP) is 3.00. The number of hydrogen-bond acceptors (Lipinski definition) is 1. The Hall–Kier alpha value is -2.29. The van der Waals surface area contributed by atoms with Crippen molar-refractivity contribution in [1.29, 1.82) is 0 Å². The van der Waals surface area contributed by atoms with Crippen molar-refractivity contribution in [3.63, 3.8) is 0 Å². The van der Waals surface area contributed by atoms with Crippen LogP contribution in [0.4, 0.5) is 0 Å². The minimum Gasteiger partial charge on any atom is -0.357 e. The Morgan fingerprint density at radius 3 is 1.86 bits per heavy atom. The number of nitrogens with one attached hydrogen (secondary N) is 2. The summed E-state index contributed by atoms with van der Waals surface area (Å²) in [6.07, 6.45) is 0. The molecule has 0 spiro atoms. The number of hydrogen-bond donors (Lipinski definition) is 2. The molecule has 0 aliphatic rings. The Morgan fingerprint density at radius 1 is 0.905 bits per heavy atom. The van der Waals surface area contributed by atoms with Gasteiger partial charge in [-0.05, 0) is 18.1 Å². The second kappa shape index (κ2) is 8.10. The average molecular weight is 281 g/mol. The van der Waals surface area contributed by atoms with Crippen LogP contribution in [-0.4, -0.2) is 26.1 Å². The van der Waals surface area contributed by atoms with Gasteiger partial charge in [0.2, 0.25) is 0 Å². The largest absolute Gasteiger partial charge is 0.357 e. The van der Waals surface area contributed by atoms with E-state index in [1.807, 2.05) is 0 Å². The highest BCUT2D eigenvalue weighted by Crippen LogP contribution is 2.23. The summed E-state index contributed by atoms with van der Waals surface area (Å²) in [5.74, 6) is 1.15. The lowest BCUT2D eigenvalue weighted by atomic mass is 9.91. The van der Waals surface area contributed by atoms with Crippen LogP contribution in [0.3, 0.4) is 0 Å². The van der Waals surface area contributed by atoms with Crippen molar-refractivity contribution in [2.75, 3.05) is 20.1 Å². The first-order valence-corrected chi connectivity index (χ1v) is 7.39. The Balaban J connectivity index is 2.18. The molecule has 2 N–H and O–H groups in total. The molecule has 0 saturated heterocycles. The molecule has 0 aliphatic carbocycles. The Kier molecular flexibility index (Phi) is 5.83. The Labute approximate surface area is 127 Å². The minimum atomic E-state index is 0.308. The van der Waals surface area contributed by atoms with Gasteiger partial charge in [-0.2, -0.15) is 0 Å². The minimum absolute atomic E-state index is 0.308. The average Bonchev–Trinajstić information content (AvgIpc) is 2.56. The number of guanidine groups is 1. The summed E-state index contributed by atoms with van der Waals surface area (Å²) in [7, 11) is 1.80. The molecule has 110 valence electrons. The molecule has 2 aromatic rings. The van der Waals surface area contributed by atoms with Crippen molar-refractivity contribution in [1.82, 2.24) is 10.6 Å². The van der Waals surface area contributed by atoms with E-state index >= 15 is 0 Å². The molecular formula is C18H23N3. The Morgan fingerprint density at radius 2 is 1.43 bits per heavy atom. The lowest BCUT2D eigenvalue weighted by Crippen LogP contribution is -2.39. The summed E-state index contributed by atoms with van der Waals surface area (Å²) in [5, 5.41) is 6.64. The fourth-order valence-electron chi connectivity index (χ4n) is 2.39. The quantitative estimate of drug-likeness (QED) is 0.653. The smallest absolute Gasteiger partial charge is 0.190 e. The standard InChI is InChI=1S/C18H23N3/c1-3-20-18(19-2)21-14-17(15-10-6-4-7-11-15)16-12-8-5-9-13-16/h4-13,17H,3,14H2,1-2H3,(H2,19,20,21). The second-order valence-electron chi connectivity index (χ2n) is 4.86. The fourth-order valence-corrected chi connectivity index (χ4v) is 2.39. The fraction of sp³-hybridized carbons (Fsp3) is 0.278. The topological polar surface area (TPSA) is 36.4 Å². The first-order valence-electron chi connectivity index (χ1n) is 7.39. The first kappa shape index (κ1) is 15.1. The van der Waals surface area contributed by atoms with E-state index in [0.29, 0.717) is 5.92 Å². The van der Waals surface area contributed by atoms with Gasteiger partial charge in [-0.3, -0.25) is 4.99 Å². The number of aliphatic imine (C=N–C) groups is 1. The van der Waals surface area contributed by atoms with Gasteiger partial charge in [0, 0.05) is 26.1 Å². The van der Waals surface area contributed by atoms with Crippen molar-refractivity contribution < 1.29 is 0 Å². The van der Waals surface area contributed by atoms with Crippen LogP contribution in [0.5, 0.6) is 0 Å². The van der Waals surface area contributed by atoms with Crippen molar-refractivity contribution in [2.24, 2.45) is 4.99 Å². The monoisotopic (exact) mass is 281 g/mol. The molecule has 2 aromatic carbocycles. The third-order valence-electron chi connectivity index (χ3n) is 3.45. The molecule has 0 fully saturated rings. The molecule has 0 aromatic heterocycles. The van der Waals surface area contributed by atoms with Gasteiger partial charge in [-0.1, -0.05) is 60.7 Å². The Bertz CT molecular complexity index is 510. The maximum atomic E-state index is 4.23. The third-order valence-corrected chi connectivity index (χ3v) is 3.45. The summed E-state index contributed by atoms with van der Waals surface area (Å²) >= 11 is 0. The highest BCUT2D eigenvalue weighted by molar-refractivity contribution is 5.79. The molecule has 0 heterocycles. The summed E-state index contributed by atoms with van der Waals surface area (Å²) in [4.78, 5) is 4.23. The van der Waals surface area contributed by atoms with Crippen molar-refractivity contribution >= 4 is 5.96 Å². The molecule has 2 rings (SSSR count). The molecule has 0 bridgehead atoms. The van der Waals surface area contributed by atoms with E-state index in [2.05, 4.69) is 83.2 Å². The molecule has 0 amide bonds. The van der Waals surface area contributed by atoms with Crippen molar-refractivity contribution in [3.8, 4) is 0 Å². The first-order chi connectivity index (χ1) is 10.3. The zero-order valence-electron chi connectivity index (χ0n) is 12.7. The maximum Gasteiger partial charge on any atom is 0.190 e. The summed E-state index contributed by atoms with van der Waals surface area (Å²) in [6, 6.07) is 21.2. The van der Waals surface area contributed by atoms with E-state index in [9.17, 15) is 0 Å². The van der Waals surface area contributed by atoms with E-state index in [1.54, 1.807) is 7.05 Å². The second-order valence-corrected chi connectivity index (χ2v) is 4.86. The normalized spacial score (nSPS) is 11.5. The van der Waals surface area contributed by atoms with Gasteiger partial charge in [0.15, 0.2) is 5.96 Å². The summed E-state index contributed by atoms with van der Waals surface area (Å²) < 4.78 is 0. The number of nitrogens with zero attached hydrogens (tertiary/aromatic N) is 1. The van der Waals surface area contributed by atoms with Crippen molar-refractivity contribution in [2.45, 2.75) is 12.8 Å². The maximum absolute atomic E-state index is 4.23. The lowest BCUT2D eigenvalue weighted by Gasteiger charge is -2.20. The highest BCUT2D eigenvalue weighted by atomic mass is 15.2. The van der Waals surface area contributed by atoms with Gasteiger partial charge < -0.3 is 10.6 Å². The molecule has 0 saturated carbocycles. The predicted molar refractivity (Wildman–Crippen MR) is 89.8 cm³/mol. The number of benzene rings is 2. The number of rotatable bonds is 5. The van der Waals surface area contributed by atoms with Gasteiger partial charge >= 0.3 is 0 Å². The zero-order chi connectivity index (χ0) is 14.9. The zero-order valence-corrected chi connectivity index (χ0v) is 12.7. The van der Waals surface area contributed by atoms with Gasteiger partial charge in [0.1, 0.15) is 0 Å².